The quantitative estimate of drug-likeness (QED) is 0.787. The summed E-state index contributed by atoms with van der Waals surface area (Å²) in [4.78, 5) is 0. The molecule has 0 heterocycles. The topological polar surface area (TPSA) is 20.2 Å². The second-order valence-corrected chi connectivity index (χ2v) is 6.38. The van der Waals surface area contributed by atoms with Crippen molar-refractivity contribution in [1.29, 1.82) is 0 Å². The van der Waals surface area contributed by atoms with Crippen molar-refractivity contribution in [3.8, 4) is 0 Å². The Balaban J connectivity index is 1.91. The molecule has 1 aliphatic carbocycles. The Kier molecular flexibility index (Phi) is 3.89. The number of hydrogen-bond donors (Lipinski definition) is 1. The van der Waals surface area contributed by atoms with Gasteiger partial charge in [-0.2, -0.15) is 0 Å². The Hall–Kier alpha value is -0.870. The van der Waals surface area contributed by atoms with Gasteiger partial charge in [-0.15, -0.1) is 0 Å². The predicted molar refractivity (Wildman–Crippen MR) is 86.3 cm³/mol. The molecule has 3 rings (SSSR count). The molecule has 1 saturated carbocycles. The zero-order valence-corrected chi connectivity index (χ0v) is 12.9. The number of aliphatic hydroxyl groups is 1. The van der Waals surface area contributed by atoms with Crippen molar-refractivity contribution in [2.75, 3.05) is 0 Å². The van der Waals surface area contributed by atoms with Crippen molar-refractivity contribution >= 4 is 22.6 Å². The fourth-order valence-corrected chi connectivity index (χ4v) is 3.28. The lowest BCUT2D eigenvalue weighted by molar-refractivity contribution is 0.219. The third kappa shape index (κ3) is 2.70. The van der Waals surface area contributed by atoms with E-state index in [2.05, 4.69) is 40.8 Å². The second kappa shape index (κ2) is 5.63. The van der Waals surface area contributed by atoms with E-state index in [-0.39, 0.29) is 0 Å². The Morgan fingerprint density at radius 1 is 1.05 bits per heavy atom. The molecule has 0 spiro atoms. The molecule has 0 aliphatic heterocycles. The summed E-state index contributed by atoms with van der Waals surface area (Å²) in [5, 5.41) is 10.6. The standard InChI is InChI=1S/C17H17IO/c18-16-10-2-1-9-15(16)17(19)14-8-4-7-13(11-14)12-5-3-6-12/h1-2,4,7-12,17,19H,3,5-6H2. The van der Waals surface area contributed by atoms with Crippen LogP contribution in [0.5, 0.6) is 0 Å². The minimum atomic E-state index is -0.520. The lowest BCUT2D eigenvalue weighted by Gasteiger charge is -2.26. The fraction of sp³-hybridized carbons (Fsp3) is 0.294. The first-order valence-corrected chi connectivity index (χ1v) is 7.86. The molecule has 0 aromatic heterocycles. The molecule has 2 aromatic rings. The molecule has 1 fully saturated rings. The summed E-state index contributed by atoms with van der Waals surface area (Å²) >= 11 is 2.28. The highest BCUT2D eigenvalue weighted by molar-refractivity contribution is 14.1. The van der Waals surface area contributed by atoms with Crippen LogP contribution in [0.1, 0.15) is 48.0 Å². The van der Waals surface area contributed by atoms with Crippen molar-refractivity contribution in [2.24, 2.45) is 0 Å². The number of hydrogen-bond acceptors (Lipinski definition) is 1. The molecule has 1 atom stereocenters. The molecule has 0 amide bonds. The van der Waals surface area contributed by atoms with Crippen LogP contribution in [-0.4, -0.2) is 5.11 Å². The van der Waals surface area contributed by atoms with E-state index < -0.39 is 6.10 Å². The van der Waals surface area contributed by atoms with Crippen LogP contribution >= 0.6 is 22.6 Å². The van der Waals surface area contributed by atoms with Gasteiger partial charge in [0, 0.05) is 3.57 Å². The van der Waals surface area contributed by atoms with E-state index in [4.69, 9.17) is 0 Å². The van der Waals surface area contributed by atoms with Gasteiger partial charge >= 0.3 is 0 Å². The third-order valence-corrected chi connectivity index (χ3v) is 4.99. The maximum Gasteiger partial charge on any atom is 0.105 e. The van der Waals surface area contributed by atoms with Crippen molar-refractivity contribution in [1.82, 2.24) is 0 Å². The van der Waals surface area contributed by atoms with Crippen LogP contribution in [0.3, 0.4) is 0 Å². The maximum absolute atomic E-state index is 10.6. The lowest BCUT2D eigenvalue weighted by Crippen LogP contribution is -2.10. The predicted octanol–water partition coefficient (Wildman–Crippen LogP) is 4.64. The highest BCUT2D eigenvalue weighted by atomic mass is 127. The Morgan fingerprint density at radius 2 is 1.84 bits per heavy atom. The molecule has 19 heavy (non-hydrogen) atoms. The van der Waals surface area contributed by atoms with Gasteiger partial charge in [-0.05, 0) is 64.1 Å². The van der Waals surface area contributed by atoms with Gasteiger partial charge in [-0.25, -0.2) is 0 Å². The van der Waals surface area contributed by atoms with Gasteiger partial charge in [0.2, 0.25) is 0 Å². The molecule has 1 aliphatic rings. The molecule has 0 bridgehead atoms. The van der Waals surface area contributed by atoms with Gasteiger partial charge in [-0.3, -0.25) is 0 Å². The zero-order valence-electron chi connectivity index (χ0n) is 10.7. The second-order valence-electron chi connectivity index (χ2n) is 5.22. The van der Waals surface area contributed by atoms with Gasteiger partial charge in [0.25, 0.3) is 0 Å². The average Bonchev–Trinajstić information content (AvgIpc) is 2.37. The molecule has 1 N–H and O–H groups in total. The van der Waals surface area contributed by atoms with E-state index >= 15 is 0 Å². The van der Waals surface area contributed by atoms with Crippen LogP contribution < -0.4 is 0 Å². The first-order chi connectivity index (χ1) is 9.25. The molecule has 1 nitrogen and oxygen atoms in total. The van der Waals surface area contributed by atoms with Gasteiger partial charge in [0.1, 0.15) is 6.10 Å². The Bertz CT molecular complexity index is 575. The molecule has 0 radical (unpaired) electrons. The third-order valence-electron chi connectivity index (χ3n) is 4.00. The average molecular weight is 364 g/mol. The monoisotopic (exact) mass is 364 g/mol. The van der Waals surface area contributed by atoms with Gasteiger partial charge in [0.15, 0.2) is 0 Å². The van der Waals surface area contributed by atoms with Gasteiger partial charge in [-0.1, -0.05) is 48.9 Å². The van der Waals surface area contributed by atoms with E-state index in [9.17, 15) is 5.11 Å². The summed E-state index contributed by atoms with van der Waals surface area (Å²) in [7, 11) is 0. The summed E-state index contributed by atoms with van der Waals surface area (Å²) in [5.74, 6) is 0.710. The van der Waals surface area contributed by atoms with Crippen molar-refractivity contribution in [2.45, 2.75) is 31.3 Å². The summed E-state index contributed by atoms with van der Waals surface area (Å²) in [6.07, 6.45) is 3.41. The van der Waals surface area contributed by atoms with E-state index in [0.717, 1.165) is 14.7 Å². The molecular formula is C17H17IO. The van der Waals surface area contributed by atoms with E-state index in [1.165, 1.54) is 24.8 Å². The number of aliphatic hydroxyl groups excluding tert-OH is 1. The highest BCUT2D eigenvalue weighted by Gasteiger charge is 2.21. The van der Waals surface area contributed by atoms with Crippen LogP contribution in [-0.2, 0) is 0 Å². The van der Waals surface area contributed by atoms with Crippen molar-refractivity contribution in [3.63, 3.8) is 0 Å². The maximum atomic E-state index is 10.6. The normalized spacial score (nSPS) is 16.9. The fourth-order valence-electron chi connectivity index (χ4n) is 2.60. The number of rotatable bonds is 3. The van der Waals surface area contributed by atoms with Crippen LogP contribution in [0.15, 0.2) is 48.5 Å². The first kappa shape index (κ1) is 13.1. The largest absolute Gasteiger partial charge is 0.384 e. The Morgan fingerprint density at radius 3 is 2.53 bits per heavy atom. The summed E-state index contributed by atoms with van der Waals surface area (Å²) < 4.78 is 1.11. The molecule has 2 heteroatoms. The molecule has 1 unspecified atom stereocenters. The molecule has 0 saturated heterocycles. The minimum absolute atomic E-state index is 0.520. The van der Waals surface area contributed by atoms with Crippen LogP contribution in [0, 0.1) is 3.57 Å². The smallest absolute Gasteiger partial charge is 0.105 e. The molecule has 98 valence electrons. The number of halogens is 1. The van der Waals surface area contributed by atoms with E-state index in [1.807, 2.05) is 30.3 Å². The SMILES string of the molecule is OC(c1cccc(C2CCC2)c1)c1ccccc1I. The van der Waals surface area contributed by atoms with Crippen molar-refractivity contribution < 1.29 is 5.11 Å². The molecule has 2 aromatic carbocycles. The summed E-state index contributed by atoms with van der Waals surface area (Å²) in [6.45, 7) is 0. The zero-order chi connectivity index (χ0) is 13.2. The number of benzene rings is 2. The lowest BCUT2D eigenvalue weighted by atomic mass is 9.79. The minimum Gasteiger partial charge on any atom is -0.384 e. The van der Waals surface area contributed by atoms with Crippen LogP contribution in [0.25, 0.3) is 0 Å². The van der Waals surface area contributed by atoms with Gasteiger partial charge in [0.05, 0.1) is 0 Å². The van der Waals surface area contributed by atoms with E-state index in [1.54, 1.807) is 0 Å². The van der Waals surface area contributed by atoms with Crippen LogP contribution in [0.4, 0.5) is 0 Å². The summed E-state index contributed by atoms with van der Waals surface area (Å²) in [5.41, 5.74) is 3.39. The first-order valence-electron chi connectivity index (χ1n) is 6.78. The Labute approximate surface area is 127 Å². The molecular weight excluding hydrogens is 347 g/mol. The highest BCUT2D eigenvalue weighted by Crippen LogP contribution is 2.37. The van der Waals surface area contributed by atoms with Gasteiger partial charge < -0.3 is 5.11 Å². The van der Waals surface area contributed by atoms with Crippen molar-refractivity contribution in [3.05, 3.63) is 68.8 Å². The van der Waals surface area contributed by atoms with Crippen LogP contribution in [0.2, 0.25) is 0 Å². The summed E-state index contributed by atoms with van der Waals surface area (Å²) in [6, 6.07) is 16.5. The van der Waals surface area contributed by atoms with E-state index in [0.29, 0.717) is 5.92 Å².